The molecule has 2 nitrogen and oxygen atoms in total. The molecule has 0 unspecified atom stereocenters. The summed E-state index contributed by atoms with van der Waals surface area (Å²) in [5.74, 6) is 0. The van der Waals surface area contributed by atoms with Gasteiger partial charge in [0.15, 0.2) is 0 Å². The van der Waals surface area contributed by atoms with E-state index in [2.05, 4.69) is 116 Å². The van der Waals surface area contributed by atoms with Crippen LogP contribution >= 0.6 is 9.19 Å². The van der Waals surface area contributed by atoms with Crippen LogP contribution in [0.15, 0.2) is 54.4 Å². The van der Waals surface area contributed by atoms with E-state index in [-0.39, 0.29) is 0 Å². The predicted octanol–water partition coefficient (Wildman–Crippen LogP) is 6.92. The van der Waals surface area contributed by atoms with E-state index in [0.29, 0.717) is 0 Å². The first-order chi connectivity index (χ1) is 13.8. The molecule has 0 fully saturated rings. The Hall–Kier alpha value is -1.71. The Morgan fingerprint density at radius 2 is 1.31 bits per heavy atom. The van der Waals surface area contributed by atoms with Crippen molar-refractivity contribution in [3.05, 3.63) is 100 Å². The second kappa shape index (κ2) is 8.97. The molecule has 2 aromatic carbocycles. The number of rotatable bonds is 2. The summed E-state index contributed by atoms with van der Waals surface area (Å²) in [6.45, 7) is 15.3. The van der Waals surface area contributed by atoms with Crippen molar-refractivity contribution < 1.29 is 20.0 Å². The molecule has 0 saturated carbocycles. The van der Waals surface area contributed by atoms with Crippen LogP contribution in [0, 0.1) is 48.2 Å². The van der Waals surface area contributed by atoms with Crippen LogP contribution in [0.5, 0.6) is 0 Å². The summed E-state index contributed by atoms with van der Waals surface area (Å²) in [4.78, 5) is 4.57. The fraction of sp³-hybridized carbons (Fsp3) is 0.240. The Morgan fingerprint density at radius 3 is 1.86 bits per heavy atom. The van der Waals surface area contributed by atoms with Gasteiger partial charge >= 0.3 is 29.2 Å². The third-order valence-electron chi connectivity index (χ3n) is 5.40. The molecule has 4 rings (SSSR count). The molecule has 2 aromatic rings. The summed E-state index contributed by atoms with van der Waals surface area (Å²) < 4.78 is 0. The van der Waals surface area contributed by atoms with Gasteiger partial charge in [0.2, 0.25) is 0 Å². The summed E-state index contributed by atoms with van der Waals surface area (Å²) in [6.07, 6.45) is 8.78. The van der Waals surface area contributed by atoms with Crippen LogP contribution in [0.1, 0.15) is 38.9 Å². The summed E-state index contributed by atoms with van der Waals surface area (Å²) in [6, 6.07) is 9.06. The fourth-order valence-corrected chi connectivity index (χ4v) is 4.56. The molecule has 0 N–H and O–H groups in total. The van der Waals surface area contributed by atoms with Crippen LogP contribution in [-0.2, 0) is 20.0 Å². The van der Waals surface area contributed by atoms with Crippen molar-refractivity contribution >= 4 is 20.6 Å². The van der Waals surface area contributed by atoms with Crippen LogP contribution in [0.2, 0.25) is 0 Å². The Labute approximate surface area is 191 Å². The second-order valence-corrected chi connectivity index (χ2v) is 7.88. The molecule has 4 heteroatoms. The second-order valence-electron chi connectivity index (χ2n) is 7.88. The first-order valence-electron chi connectivity index (χ1n) is 9.65. The number of benzene rings is 2. The Balaban J connectivity index is 0.00000117. The molecule has 0 aromatic heterocycles. The van der Waals surface area contributed by atoms with Gasteiger partial charge in [0.25, 0.3) is 0 Å². The zero-order valence-electron chi connectivity index (χ0n) is 17.8. The zero-order chi connectivity index (χ0) is 21.3. The van der Waals surface area contributed by atoms with Gasteiger partial charge in [-0.3, -0.25) is 0 Å². The van der Waals surface area contributed by atoms with Crippen molar-refractivity contribution in [2.45, 2.75) is 41.5 Å². The van der Waals surface area contributed by atoms with E-state index in [0.717, 1.165) is 0 Å². The number of hydrogen-bond donors (Lipinski definition) is 0. The molecule has 2 aliphatic rings. The van der Waals surface area contributed by atoms with E-state index in [9.17, 15) is 0 Å². The fourth-order valence-electron chi connectivity index (χ4n) is 4.56. The van der Waals surface area contributed by atoms with E-state index in [1.807, 2.05) is 0 Å². The van der Waals surface area contributed by atoms with Gasteiger partial charge in [-0.1, -0.05) is 41.5 Å². The summed E-state index contributed by atoms with van der Waals surface area (Å²) >= 11 is 1.75. The van der Waals surface area contributed by atoms with Crippen LogP contribution in [0.25, 0.3) is 5.70 Å². The molecule has 0 saturated heterocycles. The van der Waals surface area contributed by atoms with E-state index in [1.165, 1.54) is 56.0 Å². The number of halogens is 1. The topological polar surface area (TPSA) is 6.48 Å². The maximum atomic E-state index is 4.58. The molecule has 2 heterocycles. The van der Waals surface area contributed by atoms with E-state index < -0.39 is 0 Å². The first-order valence-corrected chi connectivity index (χ1v) is 12.3. The normalized spacial score (nSPS) is 14.9. The average molecular weight is 588 g/mol. The van der Waals surface area contributed by atoms with Crippen LogP contribution in [-0.4, -0.2) is 4.90 Å². The number of aryl methyl sites for hydroxylation is 6. The summed E-state index contributed by atoms with van der Waals surface area (Å²) in [5, 5.41) is 0. The number of fused-ring (bicyclic) bond motifs is 1. The van der Waals surface area contributed by atoms with E-state index >= 15 is 0 Å². The first kappa shape index (κ1) is 22.0. The van der Waals surface area contributed by atoms with Crippen molar-refractivity contribution in [2.75, 3.05) is 4.90 Å². The van der Waals surface area contributed by atoms with Gasteiger partial charge in [0, 0.05) is 22.6 Å². The van der Waals surface area contributed by atoms with Gasteiger partial charge in [-0.2, -0.15) is 0 Å². The van der Waals surface area contributed by atoms with Crippen molar-refractivity contribution in [3.8, 4) is 0 Å². The zero-order valence-corrected chi connectivity index (χ0v) is 20.7. The maximum absolute atomic E-state index is 4.58. The quantitative estimate of drug-likeness (QED) is 0.278. The third kappa shape index (κ3) is 4.27. The minimum absolute atomic E-state index is 1.20. The van der Waals surface area contributed by atoms with Crippen LogP contribution in [0.4, 0.5) is 5.69 Å². The van der Waals surface area contributed by atoms with Gasteiger partial charge in [0.1, 0.15) is 0 Å². The van der Waals surface area contributed by atoms with Crippen molar-refractivity contribution in [3.63, 3.8) is 0 Å². The van der Waals surface area contributed by atoms with Crippen molar-refractivity contribution in [1.82, 2.24) is 4.90 Å². The van der Waals surface area contributed by atoms with Crippen LogP contribution < -0.4 is 4.90 Å². The van der Waals surface area contributed by atoms with Gasteiger partial charge in [-0.25, -0.2) is 0 Å². The number of nitrogens with zero attached hydrogens (tertiary/aromatic N) is 2. The SMILES string of the molecule is Cc1cc(C)c(C2=CC=CC3=CN(c4c(C)cc(C)cc4C)[CH-]N32)c(C)c1.[Cl][Au]. The molecule has 156 valence electrons. The molecule has 0 spiro atoms. The number of allylic oxidation sites excluding steroid dienone is 3. The Bertz CT molecular complexity index is 987. The Kier molecular flexibility index (Phi) is 6.80. The van der Waals surface area contributed by atoms with Crippen molar-refractivity contribution in [1.29, 1.82) is 0 Å². The van der Waals surface area contributed by atoms with Crippen LogP contribution in [0.3, 0.4) is 0 Å². The summed E-state index contributed by atoms with van der Waals surface area (Å²) in [5.41, 5.74) is 12.9. The molecule has 2 aliphatic heterocycles. The molecule has 0 radical (unpaired) electrons. The van der Waals surface area contributed by atoms with Gasteiger partial charge in [-0.05, 0) is 82.1 Å². The van der Waals surface area contributed by atoms with Gasteiger partial charge < -0.3 is 9.80 Å². The number of anilines is 1. The van der Waals surface area contributed by atoms with E-state index in [1.54, 1.807) is 20.0 Å². The molecular formula is C25H27AuClN2-. The Morgan fingerprint density at radius 1 is 0.793 bits per heavy atom. The third-order valence-corrected chi connectivity index (χ3v) is 5.40. The molecule has 0 atom stereocenters. The van der Waals surface area contributed by atoms with Crippen molar-refractivity contribution in [2.24, 2.45) is 0 Å². The molecule has 0 bridgehead atoms. The average Bonchev–Trinajstić information content (AvgIpc) is 3.06. The van der Waals surface area contributed by atoms with E-state index in [4.69, 9.17) is 0 Å². The predicted molar refractivity (Wildman–Crippen MR) is 121 cm³/mol. The molecular weight excluding hydrogens is 561 g/mol. The summed E-state index contributed by atoms with van der Waals surface area (Å²) in [7, 11) is 4.58. The standard InChI is InChI=1S/C25H27N2.Au.ClH/c1-16-10-18(3)24(19(4)11-16)23-9-7-8-22-14-26(15-27(22)23)25-20(5)12-17(2)13-21(25)6;;/h7-15H,1-6H3;;1H/q-1;+1;/p-1. The van der Waals surface area contributed by atoms with Gasteiger partial charge in [-0.15, -0.1) is 6.67 Å². The number of hydrogen-bond acceptors (Lipinski definition) is 2. The monoisotopic (exact) mass is 587 g/mol. The molecule has 29 heavy (non-hydrogen) atoms. The molecule has 0 amide bonds. The minimum atomic E-state index is 1.20. The molecule has 0 aliphatic carbocycles. The van der Waals surface area contributed by atoms with Gasteiger partial charge in [0.05, 0.1) is 0 Å².